The molecule has 5 heteroatoms. The van der Waals surface area contributed by atoms with Crippen LogP contribution in [0.25, 0.3) is 0 Å². The van der Waals surface area contributed by atoms with E-state index in [0.29, 0.717) is 5.76 Å². The first kappa shape index (κ1) is 11.8. The van der Waals surface area contributed by atoms with Crippen molar-refractivity contribution in [1.82, 2.24) is 5.32 Å². The van der Waals surface area contributed by atoms with Crippen LogP contribution in [0.5, 0.6) is 0 Å². The van der Waals surface area contributed by atoms with Crippen molar-refractivity contribution in [3.8, 4) is 0 Å². The van der Waals surface area contributed by atoms with Gasteiger partial charge in [-0.3, -0.25) is 9.59 Å². The van der Waals surface area contributed by atoms with Crippen LogP contribution in [0, 0.1) is 0 Å². The summed E-state index contributed by atoms with van der Waals surface area (Å²) in [5.41, 5.74) is 0. The van der Waals surface area contributed by atoms with E-state index in [-0.39, 0.29) is 24.0 Å². The lowest BCUT2D eigenvalue weighted by atomic mass is 10.2. The van der Waals surface area contributed by atoms with Crippen molar-refractivity contribution in [2.24, 2.45) is 0 Å². The summed E-state index contributed by atoms with van der Waals surface area (Å²) >= 11 is 5.62. The molecule has 0 aliphatic heterocycles. The number of carbonyl (C=O) groups is 2. The molecule has 1 aromatic heterocycles. The van der Waals surface area contributed by atoms with E-state index in [1.807, 2.05) is 0 Å². The normalized spacial score (nSPS) is 12.2. The predicted molar refractivity (Wildman–Crippen MR) is 55.9 cm³/mol. The molecular formula is C10H12ClNO3. The standard InChI is InChI=1S/C10H12ClNO3/c1-6(11)10(14)9-4-3-8(15-9)5-12-7(2)13/h3-4,6H,5H2,1-2H3,(H,12,13)/t6-/m1/s1. The van der Waals surface area contributed by atoms with Gasteiger partial charge in [-0.05, 0) is 19.1 Å². The Labute approximate surface area is 92.6 Å². The van der Waals surface area contributed by atoms with Crippen molar-refractivity contribution >= 4 is 23.3 Å². The van der Waals surface area contributed by atoms with Crippen LogP contribution < -0.4 is 5.32 Å². The Morgan fingerprint density at radius 3 is 2.73 bits per heavy atom. The van der Waals surface area contributed by atoms with E-state index in [1.54, 1.807) is 19.1 Å². The number of amides is 1. The minimum atomic E-state index is -0.607. The first-order valence-electron chi connectivity index (χ1n) is 4.52. The average molecular weight is 230 g/mol. The van der Waals surface area contributed by atoms with Crippen LogP contribution in [0.1, 0.15) is 30.2 Å². The lowest BCUT2D eigenvalue weighted by Gasteiger charge is -1.99. The monoisotopic (exact) mass is 229 g/mol. The van der Waals surface area contributed by atoms with E-state index in [1.165, 1.54) is 6.92 Å². The first-order chi connectivity index (χ1) is 7.00. The summed E-state index contributed by atoms with van der Waals surface area (Å²) in [5, 5.41) is 1.96. The van der Waals surface area contributed by atoms with Crippen molar-refractivity contribution in [2.45, 2.75) is 25.8 Å². The summed E-state index contributed by atoms with van der Waals surface area (Å²) < 4.78 is 5.21. The third-order valence-electron chi connectivity index (χ3n) is 1.78. The molecule has 1 heterocycles. The highest BCUT2D eigenvalue weighted by Crippen LogP contribution is 2.12. The fourth-order valence-corrected chi connectivity index (χ4v) is 1.12. The SMILES string of the molecule is CC(=O)NCc1ccc(C(=O)[C@@H](C)Cl)o1. The van der Waals surface area contributed by atoms with E-state index in [0.717, 1.165) is 0 Å². The minimum absolute atomic E-state index is 0.148. The molecule has 0 radical (unpaired) electrons. The van der Waals surface area contributed by atoms with Gasteiger partial charge in [0, 0.05) is 6.92 Å². The summed E-state index contributed by atoms with van der Waals surface area (Å²) in [4.78, 5) is 22.0. The van der Waals surface area contributed by atoms with Gasteiger partial charge < -0.3 is 9.73 Å². The van der Waals surface area contributed by atoms with Crippen LogP contribution in [0.2, 0.25) is 0 Å². The molecule has 0 aromatic carbocycles. The quantitative estimate of drug-likeness (QED) is 0.632. The molecule has 0 unspecified atom stereocenters. The van der Waals surface area contributed by atoms with Gasteiger partial charge in [-0.1, -0.05) is 0 Å². The third kappa shape index (κ3) is 3.40. The van der Waals surface area contributed by atoms with E-state index in [4.69, 9.17) is 16.0 Å². The summed E-state index contributed by atoms with van der Waals surface area (Å²) in [7, 11) is 0. The summed E-state index contributed by atoms with van der Waals surface area (Å²) in [6.07, 6.45) is 0. The maximum Gasteiger partial charge on any atom is 0.217 e. The second kappa shape index (κ2) is 4.98. The number of hydrogen-bond donors (Lipinski definition) is 1. The molecule has 1 rings (SSSR count). The molecule has 4 nitrogen and oxygen atoms in total. The number of ketones is 1. The second-order valence-corrected chi connectivity index (χ2v) is 3.81. The zero-order valence-electron chi connectivity index (χ0n) is 8.54. The Bertz CT molecular complexity index is 370. The molecule has 0 saturated heterocycles. The highest BCUT2D eigenvalue weighted by molar-refractivity contribution is 6.33. The van der Waals surface area contributed by atoms with Gasteiger partial charge in [0.05, 0.1) is 11.9 Å². The lowest BCUT2D eigenvalue weighted by Crippen LogP contribution is -2.18. The number of alkyl halides is 1. The Balaban J connectivity index is 2.64. The number of furan rings is 1. The molecule has 1 N–H and O–H groups in total. The smallest absolute Gasteiger partial charge is 0.217 e. The molecule has 1 amide bonds. The zero-order valence-corrected chi connectivity index (χ0v) is 9.30. The molecule has 0 aliphatic carbocycles. The minimum Gasteiger partial charge on any atom is -0.456 e. The van der Waals surface area contributed by atoms with Gasteiger partial charge in [-0.25, -0.2) is 0 Å². The van der Waals surface area contributed by atoms with Gasteiger partial charge >= 0.3 is 0 Å². The summed E-state index contributed by atoms with van der Waals surface area (Å²) in [6.45, 7) is 3.27. The Hall–Kier alpha value is -1.29. The Morgan fingerprint density at radius 2 is 2.20 bits per heavy atom. The largest absolute Gasteiger partial charge is 0.456 e. The first-order valence-corrected chi connectivity index (χ1v) is 4.95. The van der Waals surface area contributed by atoms with Gasteiger partial charge in [-0.2, -0.15) is 0 Å². The maximum atomic E-state index is 11.4. The molecule has 0 spiro atoms. The topological polar surface area (TPSA) is 59.3 Å². The highest BCUT2D eigenvalue weighted by Gasteiger charge is 2.16. The van der Waals surface area contributed by atoms with Gasteiger partial charge in [0.15, 0.2) is 5.76 Å². The Morgan fingerprint density at radius 1 is 1.53 bits per heavy atom. The molecule has 0 saturated carbocycles. The maximum absolute atomic E-state index is 11.4. The van der Waals surface area contributed by atoms with Crippen molar-refractivity contribution in [3.63, 3.8) is 0 Å². The molecule has 1 aromatic rings. The molecule has 82 valence electrons. The van der Waals surface area contributed by atoms with Gasteiger partial charge in [0.1, 0.15) is 5.76 Å². The van der Waals surface area contributed by atoms with Gasteiger partial charge in [0.2, 0.25) is 11.7 Å². The molecule has 1 atom stereocenters. The number of nitrogens with one attached hydrogen (secondary N) is 1. The molecule has 0 bridgehead atoms. The van der Waals surface area contributed by atoms with Crippen LogP contribution in [0.4, 0.5) is 0 Å². The van der Waals surface area contributed by atoms with Crippen LogP contribution in [-0.4, -0.2) is 17.1 Å². The van der Waals surface area contributed by atoms with Gasteiger partial charge in [0.25, 0.3) is 0 Å². The van der Waals surface area contributed by atoms with Crippen LogP contribution in [0.3, 0.4) is 0 Å². The van der Waals surface area contributed by atoms with Gasteiger partial charge in [-0.15, -0.1) is 11.6 Å². The Kier molecular flexibility index (Phi) is 3.91. The molecule has 0 fully saturated rings. The number of Topliss-reactive ketones (excluding diaryl/α,β-unsaturated/α-hetero) is 1. The average Bonchev–Trinajstić information content (AvgIpc) is 2.61. The molecule has 15 heavy (non-hydrogen) atoms. The fraction of sp³-hybridized carbons (Fsp3) is 0.400. The van der Waals surface area contributed by atoms with E-state index in [2.05, 4.69) is 5.32 Å². The second-order valence-electron chi connectivity index (χ2n) is 3.16. The number of rotatable bonds is 4. The van der Waals surface area contributed by atoms with Crippen LogP contribution >= 0.6 is 11.6 Å². The molecule has 0 aliphatic rings. The third-order valence-corrected chi connectivity index (χ3v) is 1.98. The lowest BCUT2D eigenvalue weighted by molar-refractivity contribution is -0.119. The number of carbonyl (C=O) groups excluding carboxylic acids is 2. The van der Waals surface area contributed by atoms with E-state index >= 15 is 0 Å². The molecular weight excluding hydrogens is 218 g/mol. The van der Waals surface area contributed by atoms with Crippen molar-refractivity contribution in [3.05, 3.63) is 23.7 Å². The number of halogens is 1. The van der Waals surface area contributed by atoms with Crippen molar-refractivity contribution < 1.29 is 14.0 Å². The highest BCUT2D eigenvalue weighted by atomic mass is 35.5. The number of hydrogen-bond acceptors (Lipinski definition) is 3. The summed E-state index contributed by atoms with van der Waals surface area (Å²) in [6, 6.07) is 3.20. The zero-order chi connectivity index (χ0) is 11.4. The van der Waals surface area contributed by atoms with E-state index in [9.17, 15) is 9.59 Å². The van der Waals surface area contributed by atoms with Crippen LogP contribution in [-0.2, 0) is 11.3 Å². The van der Waals surface area contributed by atoms with Crippen molar-refractivity contribution in [2.75, 3.05) is 0 Å². The van der Waals surface area contributed by atoms with E-state index < -0.39 is 5.38 Å². The fourth-order valence-electron chi connectivity index (χ4n) is 1.01. The van der Waals surface area contributed by atoms with Crippen molar-refractivity contribution in [1.29, 1.82) is 0 Å². The predicted octanol–water partition coefficient (Wildman–Crippen LogP) is 1.73. The van der Waals surface area contributed by atoms with Crippen LogP contribution in [0.15, 0.2) is 16.5 Å². The summed E-state index contributed by atoms with van der Waals surface area (Å²) in [5.74, 6) is 0.347.